The number of likely N-dealkylation sites (N-methyl/N-ethyl adjacent to an activating group) is 2. The molecule has 2 N–H and O–H groups in total. The van der Waals surface area contributed by atoms with Crippen LogP contribution in [0, 0.1) is 0 Å². The molecule has 0 spiro atoms. The van der Waals surface area contributed by atoms with E-state index >= 15 is 0 Å². The van der Waals surface area contributed by atoms with E-state index < -0.39 is 6.09 Å². The van der Waals surface area contributed by atoms with E-state index in [1.807, 2.05) is 72.6 Å². The molecule has 1 fully saturated rings. The van der Waals surface area contributed by atoms with Gasteiger partial charge in [-0.25, -0.2) is 4.79 Å². The minimum Gasteiger partial charge on any atom is -0.446 e. The molecule has 0 aromatic heterocycles. The minimum absolute atomic E-state index is 0.0380. The van der Waals surface area contributed by atoms with Crippen LogP contribution in [0.15, 0.2) is 72.8 Å². The molecule has 0 bridgehead atoms. The van der Waals surface area contributed by atoms with Crippen molar-refractivity contribution in [2.24, 2.45) is 0 Å². The SMILES string of the molecule is COCC(=O)N(C)CCCN(C)C(=O)c1ccc(NCCCCCC(=O)N(C)CCN2CCC(OC(=O)Nc3ccccc3-c3ccccc3)CC2)cc1Cl. The van der Waals surface area contributed by atoms with Crippen LogP contribution in [-0.4, -0.2) is 130 Å². The summed E-state index contributed by atoms with van der Waals surface area (Å²) < 4.78 is 10.7. The lowest BCUT2D eigenvalue weighted by atomic mass is 10.0. The van der Waals surface area contributed by atoms with Crippen LogP contribution in [0.4, 0.5) is 16.2 Å². The van der Waals surface area contributed by atoms with Crippen molar-refractivity contribution in [1.29, 1.82) is 0 Å². The average molecular weight is 777 g/mol. The van der Waals surface area contributed by atoms with Crippen LogP contribution in [0.5, 0.6) is 0 Å². The molecule has 1 heterocycles. The summed E-state index contributed by atoms with van der Waals surface area (Å²) in [7, 11) is 6.79. The third kappa shape index (κ3) is 14.2. The number of rotatable bonds is 20. The van der Waals surface area contributed by atoms with Gasteiger partial charge in [-0.05, 0) is 61.9 Å². The lowest BCUT2D eigenvalue weighted by Crippen LogP contribution is -2.42. The van der Waals surface area contributed by atoms with Gasteiger partial charge >= 0.3 is 6.09 Å². The first-order valence-corrected chi connectivity index (χ1v) is 19.5. The normalized spacial score (nSPS) is 13.2. The first kappa shape index (κ1) is 43.1. The zero-order valence-electron chi connectivity index (χ0n) is 32.7. The van der Waals surface area contributed by atoms with Crippen molar-refractivity contribution in [3.63, 3.8) is 0 Å². The summed E-state index contributed by atoms with van der Waals surface area (Å²) in [6.45, 7) is 4.85. The molecule has 4 rings (SSSR count). The molecule has 12 nitrogen and oxygen atoms in total. The standard InChI is InChI=1S/C42H57ClN6O6/c1-46(40(51)31-54-4)24-13-25-48(3)41(52)36-20-19-33(30-37(36)43)44-23-12-6-9-18-39(50)47(2)28-29-49-26-21-34(22-27-49)55-42(53)45-38-17-11-10-16-35(38)32-14-7-5-8-15-32/h5,7-8,10-11,14-17,19-20,30,34,44H,6,9,12-13,18,21-29,31H2,1-4H3,(H,45,53). The summed E-state index contributed by atoms with van der Waals surface area (Å²) in [6.07, 6.45) is 4.68. The monoisotopic (exact) mass is 776 g/mol. The van der Waals surface area contributed by atoms with Crippen molar-refractivity contribution >= 4 is 46.8 Å². The van der Waals surface area contributed by atoms with Crippen LogP contribution in [0.3, 0.4) is 0 Å². The number of hydrogen-bond acceptors (Lipinski definition) is 8. The number of nitrogens with zero attached hydrogens (tertiary/aromatic N) is 4. The van der Waals surface area contributed by atoms with Gasteiger partial charge in [-0.1, -0.05) is 66.6 Å². The maximum atomic E-state index is 12.9. The van der Waals surface area contributed by atoms with E-state index in [2.05, 4.69) is 15.5 Å². The molecule has 3 aromatic carbocycles. The summed E-state index contributed by atoms with van der Waals surface area (Å²) >= 11 is 6.48. The summed E-state index contributed by atoms with van der Waals surface area (Å²) in [5, 5.41) is 6.67. The molecule has 0 saturated carbocycles. The number of halogens is 1. The van der Waals surface area contributed by atoms with Gasteiger partial charge in [0, 0.05) is 91.7 Å². The van der Waals surface area contributed by atoms with Crippen LogP contribution in [0.1, 0.15) is 55.3 Å². The van der Waals surface area contributed by atoms with Gasteiger partial charge in [0.2, 0.25) is 11.8 Å². The molecule has 0 unspecified atom stereocenters. The quantitative estimate of drug-likeness (QED) is 0.121. The molecular weight excluding hydrogens is 720 g/mol. The molecule has 0 atom stereocenters. The molecule has 13 heteroatoms. The van der Waals surface area contributed by atoms with E-state index in [-0.39, 0.29) is 30.4 Å². The van der Waals surface area contributed by atoms with E-state index in [4.69, 9.17) is 21.1 Å². The zero-order valence-corrected chi connectivity index (χ0v) is 33.5. The second-order valence-electron chi connectivity index (χ2n) is 14.1. The number of ether oxygens (including phenoxy) is 2. The van der Waals surface area contributed by atoms with Gasteiger partial charge in [-0.15, -0.1) is 0 Å². The Hall–Kier alpha value is -4.65. The maximum absolute atomic E-state index is 12.9. The van der Waals surface area contributed by atoms with Crippen molar-refractivity contribution in [2.45, 2.75) is 51.0 Å². The molecular formula is C42H57ClN6O6. The molecule has 4 amide bonds. The zero-order chi connectivity index (χ0) is 39.6. The number of likely N-dealkylation sites (tertiary alicyclic amines) is 1. The van der Waals surface area contributed by atoms with Gasteiger partial charge in [-0.3, -0.25) is 19.7 Å². The van der Waals surface area contributed by atoms with Crippen molar-refractivity contribution in [2.75, 3.05) is 91.3 Å². The third-order valence-electron chi connectivity index (χ3n) is 9.86. The third-order valence-corrected chi connectivity index (χ3v) is 10.2. The van der Waals surface area contributed by atoms with Crippen LogP contribution >= 0.6 is 11.6 Å². The second kappa shape index (κ2) is 22.7. The Morgan fingerprint density at radius 3 is 2.22 bits per heavy atom. The summed E-state index contributed by atoms with van der Waals surface area (Å²) in [5.41, 5.74) is 3.96. The number of methoxy groups -OCH3 is 1. The van der Waals surface area contributed by atoms with Gasteiger partial charge in [-0.2, -0.15) is 0 Å². The van der Waals surface area contributed by atoms with E-state index in [0.717, 1.165) is 80.8 Å². The average Bonchev–Trinajstić information content (AvgIpc) is 3.19. The van der Waals surface area contributed by atoms with Crippen LogP contribution in [0.2, 0.25) is 5.02 Å². The Morgan fingerprint density at radius 2 is 1.49 bits per heavy atom. The number of piperidine rings is 1. The Labute approximate surface area is 331 Å². The topological polar surface area (TPSA) is 124 Å². The van der Waals surface area contributed by atoms with Crippen LogP contribution in [-0.2, 0) is 19.1 Å². The molecule has 55 heavy (non-hydrogen) atoms. The van der Waals surface area contributed by atoms with Gasteiger partial charge in [0.25, 0.3) is 5.91 Å². The maximum Gasteiger partial charge on any atom is 0.411 e. The van der Waals surface area contributed by atoms with Crippen LogP contribution < -0.4 is 10.6 Å². The first-order valence-electron chi connectivity index (χ1n) is 19.2. The molecule has 0 radical (unpaired) electrons. The lowest BCUT2D eigenvalue weighted by Gasteiger charge is -2.32. The second-order valence-corrected chi connectivity index (χ2v) is 14.5. The fraction of sp³-hybridized carbons (Fsp3) is 0.476. The number of benzene rings is 3. The Bertz CT molecular complexity index is 1690. The fourth-order valence-corrected chi connectivity index (χ4v) is 6.69. The number of amides is 4. The van der Waals surface area contributed by atoms with Gasteiger partial charge in [0.1, 0.15) is 12.7 Å². The van der Waals surface area contributed by atoms with E-state index in [1.165, 1.54) is 7.11 Å². The van der Waals surface area contributed by atoms with Crippen LogP contribution in [0.25, 0.3) is 11.1 Å². The number of carbonyl (C=O) groups excluding carboxylic acids is 4. The molecule has 3 aromatic rings. The number of unbranched alkanes of at least 4 members (excludes halogenated alkanes) is 2. The number of anilines is 2. The number of para-hydroxylation sites is 1. The highest BCUT2D eigenvalue weighted by atomic mass is 35.5. The molecule has 1 saturated heterocycles. The Balaban J connectivity index is 1.05. The lowest BCUT2D eigenvalue weighted by molar-refractivity contribution is -0.134. The van der Waals surface area contributed by atoms with Crippen molar-refractivity contribution < 1.29 is 28.7 Å². The summed E-state index contributed by atoms with van der Waals surface area (Å²) in [6, 6.07) is 23.0. The van der Waals surface area contributed by atoms with E-state index in [0.29, 0.717) is 43.1 Å². The van der Waals surface area contributed by atoms with Gasteiger partial charge in [0.15, 0.2) is 0 Å². The fourth-order valence-electron chi connectivity index (χ4n) is 6.43. The number of nitrogens with one attached hydrogen (secondary N) is 2. The molecule has 298 valence electrons. The molecule has 1 aliphatic heterocycles. The van der Waals surface area contributed by atoms with Crippen molar-refractivity contribution in [1.82, 2.24) is 19.6 Å². The highest BCUT2D eigenvalue weighted by molar-refractivity contribution is 6.34. The Kier molecular flexibility index (Phi) is 17.8. The molecule has 0 aliphatic carbocycles. The number of carbonyl (C=O) groups is 4. The predicted molar refractivity (Wildman–Crippen MR) is 219 cm³/mol. The Morgan fingerprint density at radius 1 is 0.800 bits per heavy atom. The van der Waals surface area contributed by atoms with E-state index in [9.17, 15) is 19.2 Å². The number of hydrogen-bond donors (Lipinski definition) is 2. The smallest absolute Gasteiger partial charge is 0.411 e. The highest BCUT2D eigenvalue weighted by Gasteiger charge is 2.23. The van der Waals surface area contributed by atoms with Gasteiger partial charge < -0.3 is 34.4 Å². The largest absolute Gasteiger partial charge is 0.446 e. The van der Waals surface area contributed by atoms with E-state index in [1.54, 1.807) is 36.0 Å². The summed E-state index contributed by atoms with van der Waals surface area (Å²) in [5.74, 6) is -0.129. The first-order chi connectivity index (χ1) is 26.5. The molecule has 1 aliphatic rings. The van der Waals surface area contributed by atoms with Crippen molar-refractivity contribution in [3.8, 4) is 11.1 Å². The minimum atomic E-state index is -0.440. The van der Waals surface area contributed by atoms with Crippen molar-refractivity contribution in [3.05, 3.63) is 83.4 Å². The predicted octanol–water partition coefficient (Wildman–Crippen LogP) is 6.72. The van der Waals surface area contributed by atoms with Gasteiger partial charge in [0.05, 0.1) is 16.3 Å². The summed E-state index contributed by atoms with van der Waals surface area (Å²) in [4.78, 5) is 57.7. The highest BCUT2D eigenvalue weighted by Crippen LogP contribution is 2.28.